The van der Waals surface area contributed by atoms with Gasteiger partial charge in [-0.3, -0.25) is 0 Å². The zero-order valence-corrected chi connectivity index (χ0v) is 12.7. The third-order valence-corrected chi connectivity index (χ3v) is 3.18. The predicted octanol–water partition coefficient (Wildman–Crippen LogP) is 3.68. The van der Waals surface area contributed by atoms with E-state index in [1.807, 2.05) is 6.92 Å². The molecular formula is C15H14ClN3O2. The molecule has 6 heteroatoms. The second-order valence-electron chi connectivity index (χ2n) is 4.27. The van der Waals surface area contributed by atoms with Gasteiger partial charge in [-0.05, 0) is 25.1 Å². The van der Waals surface area contributed by atoms with E-state index in [0.29, 0.717) is 33.6 Å². The van der Waals surface area contributed by atoms with E-state index in [-0.39, 0.29) is 0 Å². The minimum absolute atomic E-state index is 0.437. The molecule has 1 N–H and O–H groups in total. The molecule has 0 saturated heterocycles. The van der Waals surface area contributed by atoms with Crippen LogP contribution in [0.2, 0.25) is 5.02 Å². The van der Waals surface area contributed by atoms with E-state index in [2.05, 4.69) is 16.4 Å². The van der Waals surface area contributed by atoms with Gasteiger partial charge >= 0.3 is 0 Å². The maximum atomic E-state index is 9.14. The number of aromatic nitrogens is 1. The zero-order chi connectivity index (χ0) is 15.4. The van der Waals surface area contributed by atoms with Crippen molar-refractivity contribution in [2.45, 2.75) is 6.92 Å². The molecule has 0 spiro atoms. The number of pyridine rings is 1. The molecule has 0 aliphatic carbocycles. The Hall–Kier alpha value is -2.45. The molecule has 0 fully saturated rings. The highest BCUT2D eigenvalue weighted by Gasteiger charge is 2.12. The van der Waals surface area contributed by atoms with Crippen LogP contribution in [0.1, 0.15) is 11.3 Å². The Labute approximate surface area is 128 Å². The lowest BCUT2D eigenvalue weighted by Gasteiger charge is -2.14. The van der Waals surface area contributed by atoms with Crippen LogP contribution < -0.4 is 14.8 Å². The van der Waals surface area contributed by atoms with Crippen molar-refractivity contribution in [3.63, 3.8) is 0 Å². The second kappa shape index (κ2) is 6.33. The molecular weight excluding hydrogens is 290 g/mol. The Bertz CT molecular complexity index is 711. The van der Waals surface area contributed by atoms with Crippen molar-refractivity contribution in [1.29, 1.82) is 5.26 Å². The van der Waals surface area contributed by atoms with Crippen molar-refractivity contribution in [1.82, 2.24) is 4.98 Å². The molecule has 0 saturated carbocycles. The third kappa shape index (κ3) is 3.18. The summed E-state index contributed by atoms with van der Waals surface area (Å²) >= 11 is 6.12. The maximum absolute atomic E-state index is 9.14. The topological polar surface area (TPSA) is 67.2 Å². The molecule has 1 aromatic heterocycles. The molecule has 0 unspecified atom stereocenters. The lowest BCUT2D eigenvalue weighted by molar-refractivity contribution is 0.396. The molecule has 0 radical (unpaired) electrons. The average molecular weight is 304 g/mol. The average Bonchev–Trinajstić information content (AvgIpc) is 2.48. The van der Waals surface area contributed by atoms with Crippen LogP contribution in [-0.2, 0) is 0 Å². The number of benzene rings is 1. The van der Waals surface area contributed by atoms with Gasteiger partial charge in [-0.25, -0.2) is 4.98 Å². The second-order valence-corrected chi connectivity index (χ2v) is 4.68. The molecule has 21 heavy (non-hydrogen) atoms. The van der Waals surface area contributed by atoms with Crippen LogP contribution >= 0.6 is 11.6 Å². The fraction of sp³-hybridized carbons (Fsp3) is 0.200. The molecule has 0 atom stereocenters. The van der Waals surface area contributed by atoms with Gasteiger partial charge in [0.1, 0.15) is 23.4 Å². The Morgan fingerprint density at radius 2 is 1.90 bits per heavy atom. The van der Waals surface area contributed by atoms with Crippen LogP contribution in [0.25, 0.3) is 0 Å². The van der Waals surface area contributed by atoms with Gasteiger partial charge in [0, 0.05) is 11.8 Å². The number of nitrogens with zero attached hydrogens (tertiary/aromatic N) is 2. The Balaban J connectivity index is 2.47. The Kier molecular flexibility index (Phi) is 4.51. The van der Waals surface area contributed by atoms with Gasteiger partial charge in [-0.2, -0.15) is 5.26 Å². The van der Waals surface area contributed by atoms with Crippen LogP contribution in [0.3, 0.4) is 0 Å². The van der Waals surface area contributed by atoms with Gasteiger partial charge in [0.15, 0.2) is 0 Å². The first-order chi connectivity index (χ1) is 10.1. The number of nitrogens with one attached hydrogen (secondary N) is 1. The molecule has 1 heterocycles. The highest BCUT2D eigenvalue weighted by Crippen LogP contribution is 2.37. The first-order valence-electron chi connectivity index (χ1n) is 6.15. The van der Waals surface area contributed by atoms with Crippen molar-refractivity contribution in [2.75, 3.05) is 19.5 Å². The number of hydrogen-bond acceptors (Lipinski definition) is 5. The van der Waals surface area contributed by atoms with Gasteiger partial charge in [-0.15, -0.1) is 0 Å². The maximum Gasteiger partial charge on any atom is 0.148 e. The van der Waals surface area contributed by atoms with Crippen molar-refractivity contribution in [3.8, 4) is 17.6 Å². The van der Waals surface area contributed by atoms with Gasteiger partial charge in [0.2, 0.25) is 0 Å². The van der Waals surface area contributed by atoms with Gasteiger partial charge < -0.3 is 14.8 Å². The van der Waals surface area contributed by atoms with Gasteiger partial charge in [0.05, 0.1) is 30.5 Å². The van der Waals surface area contributed by atoms with E-state index in [4.69, 9.17) is 26.3 Å². The van der Waals surface area contributed by atoms with Gasteiger partial charge in [0.25, 0.3) is 0 Å². The molecule has 0 aliphatic heterocycles. The molecule has 2 aromatic rings. The highest BCUT2D eigenvalue weighted by atomic mass is 35.5. The predicted molar refractivity (Wildman–Crippen MR) is 81.5 cm³/mol. The molecule has 108 valence electrons. The van der Waals surface area contributed by atoms with Crippen LogP contribution in [0.15, 0.2) is 24.3 Å². The Morgan fingerprint density at radius 1 is 1.19 bits per heavy atom. The summed E-state index contributed by atoms with van der Waals surface area (Å²) in [4.78, 5) is 4.32. The largest absolute Gasteiger partial charge is 0.495 e. The van der Waals surface area contributed by atoms with Crippen molar-refractivity contribution < 1.29 is 9.47 Å². The van der Waals surface area contributed by atoms with E-state index < -0.39 is 0 Å². The number of anilines is 2. The van der Waals surface area contributed by atoms with Crippen molar-refractivity contribution in [2.24, 2.45) is 0 Å². The minimum Gasteiger partial charge on any atom is -0.495 e. The summed E-state index contributed by atoms with van der Waals surface area (Å²) in [5.74, 6) is 1.51. The first kappa shape index (κ1) is 14.9. The standard InChI is InChI=1S/C15H14ClN3O2/c1-9-4-5-10(8-17)15(18-9)19-12-6-11(16)13(20-2)7-14(12)21-3/h4-7H,1-3H3,(H,18,19). The summed E-state index contributed by atoms with van der Waals surface area (Å²) in [6, 6.07) is 8.93. The van der Waals surface area contributed by atoms with Crippen molar-refractivity contribution in [3.05, 3.63) is 40.5 Å². The number of methoxy groups -OCH3 is 2. The number of nitriles is 1. The van der Waals surface area contributed by atoms with E-state index in [0.717, 1.165) is 5.69 Å². The third-order valence-electron chi connectivity index (χ3n) is 2.88. The summed E-state index contributed by atoms with van der Waals surface area (Å²) in [6.45, 7) is 1.85. The van der Waals surface area contributed by atoms with E-state index in [9.17, 15) is 0 Å². The highest BCUT2D eigenvalue weighted by molar-refractivity contribution is 6.32. The smallest absolute Gasteiger partial charge is 0.148 e. The number of ether oxygens (including phenoxy) is 2. The van der Waals surface area contributed by atoms with E-state index in [1.54, 1.807) is 31.4 Å². The number of aryl methyl sites for hydroxylation is 1. The van der Waals surface area contributed by atoms with E-state index in [1.165, 1.54) is 7.11 Å². The SMILES string of the molecule is COc1cc(OC)c(Nc2nc(C)ccc2C#N)cc1Cl. The summed E-state index contributed by atoms with van der Waals surface area (Å²) in [5, 5.41) is 12.7. The molecule has 5 nitrogen and oxygen atoms in total. The van der Waals surface area contributed by atoms with Gasteiger partial charge in [-0.1, -0.05) is 11.6 Å². The fourth-order valence-electron chi connectivity index (χ4n) is 1.83. The summed E-state index contributed by atoms with van der Waals surface area (Å²) in [5.41, 5.74) is 1.85. The lowest BCUT2D eigenvalue weighted by Crippen LogP contribution is -2.01. The van der Waals surface area contributed by atoms with Crippen molar-refractivity contribution >= 4 is 23.1 Å². The molecule has 0 aliphatic rings. The first-order valence-corrected chi connectivity index (χ1v) is 6.53. The zero-order valence-electron chi connectivity index (χ0n) is 11.9. The molecule has 0 amide bonds. The lowest BCUT2D eigenvalue weighted by atomic mass is 10.2. The number of hydrogen-bond donors (Lipinski definition) is 1. The normalized spacial score (nSPS) is 9.86. The summed E-state index contributed by atoms with van der Waals surface area (Å²) in [7, 11) is 3.08. The van der Waals surface area contributed by atoms with E-state index >= 15 is 0 Å². The summed E-state index contributed by atoms with van der Waals surface area (Å²) in [6.07, 6.45) is 0. The van der Waals surface area contributed by atoms with Crippen LogP contribution in [0.4, 0.5) is 11.5 Å². The quantitative estimate of drug-likeness (QED) is 0.933. The van der Waals surface area contributed by atoms with Crippen LogP contribution in [-0.4, -0.2) is 19.2 Å². The van der Waals surface area contributed by atoms with Crippen LogP contribution in [0, 0.1) is 18.3 Å². The Morgan fingerprint density at radius 3 is 2.52 bits per heavy atom. The molecule has 1 aromatic carbocycles. The minimum atomic E-state index is 0.437. The molecule has 0 bridgehead atoms. The number of halogens is 1. The summed E-state index contributed by atoms with van der Waals surface area (Å²) < 4.78 is 10.5. The monoisotopic (exact) mass is 303 g/mol. The fourth-order valence-corrected chi connectivity index (χ4v) is 2.07. The number of rotatable bonds is 4. The van der Waals surface area contributed by atoms with Crippen LogP contribution in [0.5, 0.6) is 11.5 Å². The molecule has 2 rings (SSSR count).